The molecular weight excluding hydrogens is 408 g/mol. The van der Waals surface area contributed by atoms with Crippen molar-refractivity contribution in [2.24, 2.45) is 11.8 Å². The average molecular weight is 437 g/mol. The van der Waals surface area contributed by atoms with Crippen molar-refractivity contribution in [1.82, 2.24) is 14.8 Å². The Hall–Kier alpha value is -1.61. The van der Waals surface area contributed by atoms with Gasteiger partial charge in [0.25, 0.3) is 0 Å². The molecule has 4 rings (SSSR count). The number of anilines is 1. The molecule has 3 aliphatic rings. The normalized spacial score (nSPS) is 26.0. The Labute approximate surface area is 179 Å². The monoisotopic (exact) mass is 436 g/mol. The van der Waals surface area contributed by atoms with Crippen LogP contribution in [0.25, 0.3) is 0 Å². The van der Waals surface area contributed by atoms with Gasteiger partial charge in [0.15, 0.2) is 5.13 Å². The molecule has 0 unspecified atom stereocenters. The lowest BCUT2D eigenvalue weighted by molar-refractivity contribution is -0.152. The molecule has 29 heavy (non-hydrogen) atoms. The summed E-state index contributed by atoms with van der Waals surface area (Å²) in [5, 5.41) is 2.93. The van der Waals surface area contributed by atoms with Crippen molar-refractivity contribution in [2.45, 2.75) is 38.1 Å². The maximum atomic E-state index is 13.4. The smallest absolute Gasteiger partial charge is 0.246 e. The SMILES string of the molecule is CSCC[C@H](C(=O)N1CCN(c2nccs2)CC1)N1C(=O)[C@H]2CCCC[C@H]2C1=O. The summed E-state index contributed by atoms with van der Waals surface area (Å²) < 4.78 is 0. The third-order valence-electron chi connectivity index (χ3n) is 6.35. The molecule has 3 atom stereocenters. The summed E-state index contributed by atoms with van der Waals surface area (Å²) in [6.07, 6.45) is 7.86. The van der Waals surface area contributed by atoms with Crippen LogP contribution in [0.4, 0.5) is 5.13 Å². The number of hydrogen-bond acceptors (Lipinski definition) is 7. The van der Waals surface area contributed by atoms with E-state index in [1.54, 1.807) is 29.3 Å². The van der Waals surface area contributed by atoms with E-state index in [1.807, 2.05) is 16.5 Å². The summed E-state index contributed by atoms with van der Waals surface area (Å²) in [5.41, 5.74) is 0. The number of amides is 3. The number of rotatable bonds is 6. The molecular formula is C20H28N4O3S2. The molecule has 7 nitrogen and oxygen atoms in total. The molecule has 3 fully saturated rings. The Balaban J connectivity index is 1.47. The first kappa shape index (κ1) is 20.7. The first-order valence-corrected chi connectivity index (χ1v) is 12.7. The third-order valence-corrected chi connectivity index (χ3v) is 7.82. The number of thiazole rings is 1. The highest BCUT2D eigenvalue weighted by Gasteiger charge is 2.52. The summed E-state index contributed by atoms with van der Waals surface area (Å²) in [6, 6.07) is -0.653. The fourth-order valence-corrected chi connectivity index (χ4v) is 5.94. The molecule has 1 aromatic heterocycles. The molecule has 0 spiro atoms. The van der Waals surface area contributed by atoms with Gasteiger partial charge < -0.3 is 9.80 Å². The van der Waals surface area contributed by atoms with Crippen molar-refractivity contribution >= 4 is 46.0 Å². The van der Waals surface area contributed by atoms with E-state index in [9.17, 15) is 14.4 Å². The molecule has 2 saturated heterocycles. The molecule has 9 heteroatoms. The van der Waals surface area contributed by atoms with E-state index >= 15 is 0 Å². The van der Waals surface area contributed by atoms with Crippen molar-refractivity contribution in [3.8, 4) is 0 Å². The van der Waals surface area contributed by atoms with Crippen LogP contribution in [0.5, 0.6) is 0 Å². The van der Waals surface area contributed by atoms with Crippen LogP contribution >= 0.6 is 23.1 Å². The number of thioether (sulfide) groups is 1. The van der Waals surface area contributed by atoms with Gasteiger partial charge in [-0.1, -0.05) is 12.8 Å². The van der Waals surface area contributed by atoms with E-state index in [4.69, 9.17) is 0 Å². The molecule has 0 radical (unpaired) electrons. The molecule has 0 aromatic carbocycles. The molecule has 1 saturated carbocycles. The van der Waals surface area contributed by atoms with Crippen LogP contribution < -0.4 is 4.90 Å². The fourth-order valence-electron chi connectivity index (χ4n) is 4.79. The average Bonchev–Trinajstić information content (AvgIpc) is 3.37. The zero-order valence-corrected chi connectivity index (χ0v) is 18.4. The van der Waals surface area contributed by atoms with Gasteiger partial charge in [-0.2, -0.15) is 11.8 Å². The van der Waals surface area contributed by atoms with E-state index in [0.29, 0.717) is 19.5 Å². The van der Waals surface area contributed by atoms with Gasteiger partial charge in [0.05, 0.1) is 11.8 Å². The maximum absolute atomic E-state index is 13.4. The Morgan fingerprint density at radius 3 is 2.38 bits per heavy atom. The number of carbonyl (C=O) groups is 3. The van der Waals surface area contributed by atoms with Gasteiger partial charge in [0.2, 0.25) is 17.7 Å². The number of imide groups is 1. The highest BCUT2D eigenvalue weighted by Crippen LogP contribution is 2.39. The minimum atomic E-state index is -0.653. The fraction of sp³-hybridized carbons (Fsp3) is 0.700. The number of likely N-dealkylation sites (tertiary alicyclic amines) is 1. The second kappa shape index (κ2) is 9.04. The summed E-state index contributed by atoms with van der Waals surface area (Å²) >= 11 is 3.24. The van der Waals surface area contributed by atoms with Crippen molar-refractivity contribution in [2.75, 3.05) is 43.1 Å². The molecule has 2 aliphatic heterocycles. The number of fused-ring (bicyclic) bond motifs is 1. The Morgan fingerprint density at radius 1 is 1.17 bits per heavy atom. The van der Waals surface area contributed by atoms with Crippen molar-refractivity contribution in [3.05, 3.63) is 11.6 Å². The highest BCUT2D eigenvalue weighted by molar-refractivity contribution is 7.98. The third kappa shape index (κ3) is 4.03. The van der Waals surface area contributed by atoms with E-state index in [-0.39, 0.29) is 29.6 Å². The van der Waals surface area contributed by atoms with Crippen molar-refractivity contribution in [3.63, 3.8) is 0 Å². The van der Waals surface area contributed by atoms with Gasteiger partial charge in [0.1, 0.15) is 6.04 Å². The topological polar surface area (TPSA) is 73.8 Å². The highest BCUT2D eigenvalue weighted by atomic mass is 32.2. The minimum Gasteiger partial charge on any atom is -0.345 e. The lowest BCUT2D eigenvalue weighted by Gasteiger charge is -2.37. The lowest BCUT2D eigenvalue weighted by atomic mass is 9.81. The minimum absolute atomic E-state index is 0.0711. The van der Waals surface area contributed by atoms with Crippen LogP contribution in [0, 0.1) is 11.8 Å². The second-order valence-electron chi connectivity index (χ2n) is 7.97. The van der Waals surface area contributed by atoms with Gasteiger partial charge in [-0.15, -0.1) is 11.3 Å². The molecule has 0 N–H and O–H groups in total. The van der Waals surface area contributed by atoms with Gasteiger partial charge in [-0.25, -0.2) is 4.98 Å². The number of carbonyl (C=O) groups excluding carboxylic acids is 3. The van der Waals surface area contributed by atoms with Crippen LogP contribution in [0.1, 0.15) is 32.1 Å². The van der Waals surface area contributed by atoms with E-state index in [2.05, 4.69) is 9.88 Å². The molecule has 1 aliphatic carbocycles. The summed E-state index contributed by atoms with van der Waals surface area (Å²) in [7, 11) is 0. The molecule has 0 bridgehead atoms. The molecule has 3 amide bonds. The predicted molar refractivity (Wildman–Crippen MR) is 115 cm³/mol. The summed E-state index contributed by atoms with van der Waals surface area (Å²) in [5.74, 6) is 0.0477. The van der Waals surface area contributed by atoms with Crippen LogP contribution in [0.3, 0.4) is 0 Å². The van der Waals surface area contributed by atoms with Gasteiger partial charge in [-0.3, -0.25) is 19.3 Å². The van der Waals surface area contributed by atoms with Crippen LogP contribution in [0.15, 0.2) is 11.6 Å². The Bertz CT molecular complexity index is 725. The van der Waals surface area contributed by atoms with Gasteiger partial charge in [0, 0.05) is 37.8 Å². The molecule has 1 aromatic rings. The first-order chi connectivity index (χ1) is 14.1. The maximum Gasteiger partial charge on any atom is 0.246 e. The molecule has 158 valence electrons. The number of aromatic nitrogens is 1. The number of nitrogens with zero attached hydrogens (tertiary/aromatic N) is 4. The lowest BCUT2D eigenvalue weighted by Crippen LogP contribution is -2.56. The molecule has 3 heterocycles. The zero-order chi connectivity index (χ0) is 20.4. The second-order valence-corrected chi connectivity index (χ2v) is 9.83. The van der Waals surface area contributed by atoms with Crippen molar-refractivity contribution in [1.29, 1.82) is 0 Å². The summed E-state index contributed by atoms with van der Waals surface area (Å²) in [4.78, 5) is 49.3. The van der Waals surface area contributed by atoms with E-state index in [1.165, 1.54) is 4.90 Å². The van der Waals surface area contributed by atoms with Crippen LogP contribution in [-0.4, -0.2) is 76.7 Å². The number of piperazine rings is 1. The first-order valence-electron chi connectivity index (χ1n) is 10.4. The van der Waals surface area contributed by atoms with Gasteiger partial charge in [-0.05, 0) is 31.3 Å². The standard InChI is InChI=1S/C20H28N4O3S2/c1-28-12-6-16(24-17(25)14-4-2-3-5-15(14)18(24)26)19(27)22-8-10-23(11-9-22)20-21-7-13-29-20/h7,13-16H,2-6,8-12H2,1H3/t14-,15+,16-/m1/s1. The Kier molecular flexibility index (Phi) is 6.44. The van der Waals surface area contributed by atoms with Crippen LogP contribution in [-0.2, 0) is 14.4 Å². The van der Waals surface area contributed by atoms with Crippen LogP contribution in [0.2, 0.25) is 0 Å². The van der Waals surface area contributed by atoms with Crippen molar-refractivity contribution < 1.29 is 14.4 Å². The largest absolute Gasteiger partial charge is 0.345 e. The Morgan fingerprint density at radius 2 is 1.83 bits per heavy atom. The predicted octanol–water partition coefficient (Wildman–Crippen LogP) is 2.09. The quantitative estimate of drug-likeness (QED) is 0.636. The van der Waals surface area contributed by atoms with E-state index < -0.39 is 6.04 Å². The zero-order valence-electron chi connectivity index (χ0n) is 16.8. The summed E-state index contributed by atoms with van der Waals surface area (Å²) in [6.45, 7) is 2.64. The number of hydrogen-bond donors (Lipinski definition) is 0. The van der Waals surface area contributed by atoms with E-state index in [0.717, 1.165) is 49.7 Å². The van der Waals surface area contributed by atoms with Gasteiger partial charge >= 0.3 is 0 Å².